The Balaban J connectivity index is 1.73. The van der Waals surface area contributed by atoms with Gasteiger partial charge in [0, 0.05) is 4.90 Å². The SMILES string of the molecule is Cc1ccc(SCc2nnnn2C2CC2)cc1C(=O)O. The Bertz CT molecular complexity index is 652. The van der Waals surface area contributed by atoms with Gasteiger partial charge in [-0.2, -0.15) is 0 Å². The summed E-state index contributed by atoms with van der Waals surface area (Å²) in [5, 5.41) is 20.9. The minimum absolute atomic E-state index is 0.344. The molecule has 7 heteroatoms. The minimum Gasteiger partial charge on any atom is -0.478 e. The molecule has 20 heavy (non-hydrogen) atoms. The smallest absolute Gasteiger partial charge is 0.335 e. The van der Waals surface area contributed by atoms with Crippen molar-refractivity contribution >= 4 is 17.7 Å². The number of hydrogen-bond donors (Lipinski definition) is 1. The van der Waals surface area contributed by atoms with Gasteiger partial charge >= 0.3 is 5.97 Å². The van der Waals surface area contributed by atoms with E-state index >= 15 is 0 Å². The standard InChI is InChI=1S/C13H14N4O2S/c1-8-2-5-10(6-11(8)13(18)19)20-7-12-14-15-16-17(12)9-3-4-9/h2,5-6,9H,3-4,7H2,1H3,(H,18,19). The van der Waals surface area contributed by atoms with Gasteiger partial charge in [-0.05, 0) is 47.9 Å². The van der Waals surface area contributed by atoms with Crippen molar-refractivity contribution in [2.45, 2.75) is 36.5 Å². The number of tetrazole rings is 1. The zero-order valence-electron chi connectivity index (χ0n) is 11.0. The van der Waals surface area contributed by atoms with E-state index in [4.69, 9.17) is 5.11 Å². The fourth-order valence-electron chi connectivity index (χ4n) is 1.98. The van der Waals surface area contributed by atoms with E-state index in [1.165, 1.54) is 0 Å². The van der Waals surface area contributed by atoms with Gasteiger partial charge in [-0.1, -0.05) is 6.07 Å². The van der Waals surface area contributed by atoms with Crippen LogP contribution in [0, 0.1) is 6.92 Å². The number of carbonyl (C=O) groups is 1. The maximum atomic E-state index is 11.1. The summed E-state index contributed by atoms with van der Waals surface area (Å²) in [5.74, 6) is 0.591. The van der Waals surface area contributed by atoms with Gasteiger partial charge < -0.3 is 5.11 Å². The molecule has 0 atom stereocenters. The Kier molecular flexibility index (Phi) is 3.43. The maximum Gasteiger partial charge on any atom is 0.335 e. The molecular formula is C13H14N4O2S. The Morgan fingerprint density at radius 1 is 1.50 bits per heavy atom. The van der Waals surface area contributed by atoms with Crippen molar-refractivity contribution < 1.29 is 9.90 Å². The summed E-state index contributed by atoms with van der Waals surface area (Å²) in [5.41, 5.74) is 1.11. The lowest BCUT2D eigenvalue weighted by Gasteiger charge is -2.05. The molecule has 1 aliphatic rings. The zero-order chi connectivity index (χ0) is 14.1. The molecule has 1 fully saturated rings. The summed E-state index contributed by atoms with van der Waals surface area (Å²) < 4.78 is 1.87. The number of aryl methyl sites for hydroxylation is 1. The minimum atomic E-state index is -0.896. The number of carboxylic acids is 1. The summed E-state index contributed by atoms with van der Waals surface area (Å²) in [6, 6.07) is 5.91. The van der Waals surface area contributed by atoms with Crippen LogP contribution >= 0.6 is 11.8 Å². The van der Waals surface area contributed by atoms with Crippen LogP contribution in [0.25, 0.3) is 0 Å². The van der Waals surface area contributed by atoms with Gasteiger partial charge in [0.2, 0.25) is 0 Å². The monoisotopic (exact) mass is 290 g/mol. The zero-order valence-corrected chi connectivity index (χ0v) is 11.8. The lowest BCUT2D eigenvalue weighted by Crippen LogP contribution is -2.02. The van der Waals surface area contributed by atoms with Gasteiger partial charge in [-0.3, -0.25) is 0 Å². The normalized spacial score (nSPS) is 14.4. The van der Waals surface area contributed by atoms with Crippen LogP contribution < -0.4 is 0 Å². The molecule has 1 aromatic carbocycles. The van der Waals surface area contributed by atoms with E-state index < -0.39 is 5.97 Å². The molecule has 0 spiro atoms. The first kappa shape index (κ1) is 13.1. The first-order chi connectivity index (χ1) is 9.65. The highest BCUT2D eigenvalue weighted by Gasteiger charge is 2.27. The molecule has 0 amide bonds. The number of nitrogens with zero attached hydrogens (tertiary/aromatic N) is 4. The quantitative estimate of drug-likeness (QED) is 0.851. The highest BCUT2D eigenvalue weighted by atomic mass is 32.2. The van der Waals surface area contributed by atoms with Crippen LogP contribution in [0.3, 0.4) is 0 Å². The Morgan fingerprint density at radius 3 is 3.00 bits per heavy atom. The second-order valence-corrected chi connectivity index (χ2v) is 5.89. The predicted molar refractivity (Wildman–Crippen MR) is 73.8 cm³/mol. The van der Waals surface area contributed by atoms with Crippen molar-refractivity contribution in [1.29, 1.82) is 0 Å². The molecule has 6 nitrogen and oxygen atoms in total. The Morgan fingerprint density at radius 2 is 2.30 bits per heavy atom. The topological polar surface area (TPSA) is 80.9 Å². The average molecular weight is 290 g/mol. The Labute approximate surface area is 120 Å². The molecule has 1 heterocycles. The molecule has 2 aromatic rings. The van der Waals surface area contributed by atoms with Crippen LogP contribution in [0.15, 0.2) is 23.1 Å². The molecular weight excluding hydrogens is 276 g/mol. The molecule has 0 unspecified atom stereocenters. The number of aromatic nitrogens is 4. The molecule has 0 saturated heterocycles. The van der Waals surface area contributed by atoms with E-state index in [0.717, 1.165) is 29.1 Å². The third-order valence-electron chi connectivity index (χ3n) is 3.26. The van der Waals surface area contributed by atoms with E-state index in [1.807, 2.05) is 16.8 Å². The molecule has 0 bridgehead atoms. The van der Waals surface area contributed by atoms with Crippen LogP contribution in [0.1, 0.15) is 40.6 Å². The summed E-state index contributed by atoms with van der Waals surface area (Å²) in [6.07, 6.45) is 2.27. The van der Waals surface area contributed by atoms with Crippen molar-refractivity contribution in [3.8, 4) is 0 Å². The molecule has 1 aromatic heterocycles. The molecule has 1 saturated carbocycles. The fourth-order valence-corrected chi connectivity index (χ4v) is 2.83. The predicted octanol–water partition coefficient (Wildman–Crippen LogP) is 2.31. The third kappa shape index (κ3) is 2.67. The largest absolute Gasteiger partial charge is 0.478 e. The number of aromatic carboxylic acids is 1. The highest BCUT2D eigenvalue weighted by Crippen LogP contribution is 2.35. The summed E-state index contributed by atoms with van der Waals surface area (Å²) >= 11 is 1.55. The molecule has 0 radical (unpaired) electrons. The van der Waals surface area contributed by atoms with E-state index in [9.17, 15) is 4.79 Å². The maximum absolute atomic E-state index is 11.1. The third-order valence-corrected chi connectivity index (χ3v) is 4.25. The van der Waals surface area contributed by atoms with Gasteiger partial charge in [0.1, 0.15) is 0 Å². The molecule has 0 aliphatic heterocycles. The molecule has 104 valence electrons. The van der Waals surface area contributed by atoms with Gasteiger partial charge in [0.15, 0.2) is 5.82 Å². The average Bonchev–Trinajstić information content (AvgIpc) is 3.16. The second-order valence-electron chi connectivity index (χ2n) is 4.84. The van der Waals surface area contributed by atoms with Gasteiger partial charge in [0.05, 0.1) is 17.4 Å². The first-order valence-electron chi connectivity index (χ1n) is 6.38. The summed E-state index contributed by atoms with van der Waals surface area (Å²) in [6.45, 7) is 1.80. The van der Waals surface area contributed by atoms with Crippen molar-refractivity contribution in [2.75, 3.05) is 0 Å². The lowest BCUT2D eigenvalue weighted by molar-refractivity contribution is 0.0696. The van der Waals surface area contributed by atoms with E-state index in [2.05, 4.69) is 15.5 Å². The second kappa shape index (κ2) is 5.24. The van der Waals surface area contributed by atoms with Gasteiger partial charge in [0.25, 0.3) is 0 Å². The van der Waals surface area contributed by atoms with E-state index in [0.29, 0.717) is 17.4 Å². The number of rotatable bonds is 5. The van der Waals surface area contributed by atoms with Crippen molar-refractivity contribution in [2.24, 2.45) is 0 Å². The van der Waals surface area contributed by atoms with Crippen LogP contribution in [-0.4, -0.2) is 31.3 Å². The van der Waals surface area contributed by atoms with Gasteiger partial charge in [-0.15, -0.1) is 16.9 Å². The number of thioether (sulfide) groups is 1. The lowest BCUT2D eigenvalue weighted by atomic mass is 10.1. The van der Waals surface area contributed by atoms with Crippen LogP contribution in [0.4, 0.5) is 0 Å². The van der Waals surface area contributed by atoms with Crippen molar-refractivity contribution in [1.82, 2.24) is 20.2 Å². The van der Waals surface area contributed by atoms with Gasteiger partial charge in [-0.25, -0.2) is 9.48 Å². The van der Waals surface area contributed by atoms with Crippen molar-refractivity contribution in [3.63, 3.8) is 0 Å². The first-order valence-corrected chi connectivity index (χ1v) is 7.37. The van der Waals surface area contributed by atoms with Crippen LogP contribution in [-0.2, 0) is 5.75 Å². The molecule has 1 aliphatic carbocycles. The molecule has 1 N–H and O–H groups in total. The summed E-state index contributed by atoms with van der Waals surface area (Å²) in [7, 11) is 0. The molecule has 3 rings (SSSR count). The number of carboxylic acid groups (broad SMARTS) is 1. The van der Waals surface area contributed by atoms with Crippen LogP contribution in [0.5, 0.6) is 0 Å². The number of hydrogen-bond acceptors (Lipinski definition) is 5. The summed E-state index contributed by atoms with van der Waals surface area (Å²) in [4.78, 5) is 12.0. The van der Waals surface area contributed by atoms with E-state index in [1.54, 1.807) is 24.8 Å². The van der Waals surface area contributed by atoms with Crippen LogP contribution in [0.2, 0.25) is 0 Å². The van der Waals surface area contributed by atoms with Crippen molar-refractivity contribution in [3.05, 3.63) is 35.2 Å². The highest BCUT2D eigenvalue weighted by molar-refractivity contribution is 7.98. The Hall–Kier alpha value is -1.89. The fraction of sp³-hybridized carbons (Fsp3) is 0.385. The van der Waals surface area contributed by atoms with E-state index in [-0.39, 0.29) is 0 Å². The number of benzene rings is 1.